The first-order valence-corrected chi connectivity index (χ1v) is 10.8. The zero-order chi connectivity index (χ0) is 22.4. The monoisotopic (exact) mass is 426 g/mol. The summed E-state index contributed by atoms with van der Waals surface area (Å²) < 4.78 is 11.1. The van der Waals surface area contributed by atoms with Crippen molar-refractivity contribution < 1.29 is 14.3 Å². The second-order valence-electron chi connectivity index (χ2n) is 8.03. The molecule has 2 aromatic rings. The Morgan fingerprint density at radius 3 is 2.55 bits per heavy atom. The first-order chi connectivity index (χ1) is 14.9. The number of nitrogens with one attached hydrogen (secondary N) is 1. The Balaban J connectivity index is 1.74. The number of anilines is 1. The number of benzene rings is 2. The summed E-state index contributed by atoms with van der Waals surface area (Å²) in [5, 5.41) is 3.12. The lowest BCUT2D eigenvalue weighted by Crippen LogP contribution is -2.44. The zero-order valence-electron chi connectivity index (χ0n) is 19.0. The van der Waals surface area contributed by atoms with Crippen LogP contribution < -0.4 is 25.4 Å². The number of carbonyl (C=O) groups excluding carboxylic acids is 1. The van der Waals surface area contributed by atoms with E-state index in [2.05, 4.69) is 28.2 Å². The minimum Gasteiger partial charge on any atom is -0.493 e. The number of likely N-dealkylation sites (N-methyl/N-ethyl adjacent to an activating group) is 1. The minimum absolute atomic E-state index is 0.0822. The van der Waals surface area contributed by atoms with Crippen molar-refractivity contribution in [3.8, 4) is 11.5 Å². The van der Waals surface area contributed by atoms with Crippen LogP contribution in [0.25, 0.3) is 0 Å². The Hall–Kier alpha value is -2.77. The summed E-state index contributed by atoms with van der Waals surface area (Å²) in [7, 11) is 3.74. The van der Waals surface area contributed by atoms with Gasteiger partial charge in [0.2, 0.25) is 0 Å². The van der Waals surface area contributed by atoms with Gasteiger partial charge in [-0.2, -0.15) is 0 Å². The van der Waals surface area contributed by atoms with E-state index in [1.807, 2.05) is 44.2 Å². The van der Waals surface area contributed by atoms with Crippen LogP contribution >= 0.6 is 0 Å². The van der Waals surface area contributed by atoms with E-state index in [9.17, 15) is 4.79 Å². The lowest BCUT2D eigenvalue weighted by molar-refractivity contribution is 0.0939. The number of amides is 1. The van der Waals surface area contributed by atoms with Crippen LogP contribution in [-0.2, 0) is 0 Å². The van der Waals surface area contributed by atoms with Crippen molar-refractivity contribution in [1.82, 2.24) is 10.2 Å². The van der Waals surface area contributed by atoms with E-state index in [0.29, 0.717) is 30.2 Å². The van der Waals surface area contributed by atoms with Crippen LogP contribution in [0.1, 0.15) is 34.5 Å². The first-order valence-electron chi connectivity index (χ1n) is 10.8. The molecule has 1 amide bonds. The average molecular weight is 427 g/mol. The van der Waals surface area contributed by atoms with Crippen LogP contribution in [0, 0.1) is 6.92 Å². The fraction of sp³-hybridized carbons (Fsp3) is 0.458. The predicted octanol–water partition coefficient (Wildman–Crippen LogP) is 2.58. The van der Waals surface area contributed by atoms with Crippen molar-refractivity contribution in [2.45, 2.75) is 19.9 Å². The second kappa shape index (κ2) is 10.5. The number of aryl methyl sites for hydroxylation is 1. The fourth-order valence-electron chi connectivity index (χ4n) is 3.72. The van der Waals surface area contributed by atoms with Gasteiger partial charge < -0.3 is 30.3 Å². The molecule has 1 aliphatic rings. The number of nitrogens with zero attached hydrogens (tertiary/aromatic N) is 2. The smallest absolute Gasteiger partial charge is 0.252 e. The van der Waals surface area contributed by atoms with Crippen molar-refractivity contribution >= 4 is 11.6 Å². The van der Waals surface area contributed by atoms with E-state index in [0.717, 1.165) is 43.0 Å². The van der Waals surface area contributed by atoms with Gasteiger partial charge >= 0.3 is 0 Å². The van der Waals surface area contributed by atoms with E-state index < -0.39 is 0 Å². The van der Waals surface area contributed by atoms with Gasteiger partial charge in [-0.15, -0.1) is 0 Å². The number of piperazine rings is 1. The number of methoxy groups -OCH3 is 1. The molecule has 3 rings (SSSR count). The van der Waals surface area contributed by atoms with E-state index in [-0.39, 0.29) is 11.9 Å². The first kappa shape index (κ1) is 22.9. The molecule has 1 aliphatic heterocycles. The maximum Gasteiger partial charge on any atom is 0.252 e. The van der Waals surface area contributed by atoms with E-state index >= 15 is 0 Å². The molecule has 7 nitrogen and oxygen atoms in total. The van der Waals surface area contributed by atoms with Crippen LogP contribution in [0.2, 0.25) is 0 Å². The lowest BCUT2D eigenvalue weighted by atomic mass is 10.0. The molecule has 0 saturated carbocycles. The predicted molar refractivity (Wildman–Crippen MR) is 124 cm³/mol. The third-order valence-corrected chi connectivity index (χ3v) is 5.74. The van der Waals surface area contributed by atoms with Gasteiger partial charge in [-0.1, -0.05) is 12.1 Å². The Bertz CT molecular complexity index is 894. The Morgan fingerprint density at radius 1 is 1.13 bits per heavy atom. The number of rotatable bonds is 8. The molecule has 7 heteroatoms. The van der Waals surface area contributed by atoms with Gasteiger partial charge in [-0.05, 0) is 56.3 Å². The molecule has 0 unspecified atom stereocenters. The van der Waals surface area contributed by atoms with Gasteiger partial charge in [0.05, 0.1) is 13.2 Å². The van der Waals surface area contributed by atoms with Crippen molar-refractivity contribution in [3.63, 3.8) is 0 Å². The van der Waals surface area contributed by atoms with Crippen LogP contribution in [0.15, 0.2) is 36.4 Å². The summed E-state index contributed by atoms with van der Waals surface area (Å²) in [6.45, 7) is 8.74. The van der Waals surface area contributed by atoms with E-state index in [4.69, 9.17) is 15.2 Å². The van der Waals surface area contributed by atoms with Crippen LogP contribution in [-0.4, -0.2) is 64.3 Å². The van der Waals surface area contributed by atoms with Gasteiger partial charge in [0.15, 0.2) is 11.5 Å². The van der Waals surface area contributed by atoms with Gasteiger partial charge in [-0.3, -0.25) is 4.79 Å². The molecule has 0 aromatic heterocycles. The van der Waals surface area contributed by atoms with Gasteiger partial charge in [-0.25, -0.2) is 0 Å². The Labute approximate surface area is 185 Å². The van der Waals surface area contributed by atoms with Crippen molar-refractivity contribution in [3.05, 3.63) is 53.1 Å². The highest BCUT2D eigenvalue weighted by atomic mass is 16.5. The van der Waals surface area contributed by atoms with Gasteiger partial charge in [0, 0.05) is 44.0 Å². The summed E-state index contributed by atoms with van der Waals surface area (Å²) in [6.07, 6.45) is 0. The van der Waals surface area contributed by atoms with Gasteiger partial charge in [0.25, 0.3) is 5.91 Å². The number of carbonyl (C=O) groups is 1. The molecule has 168 valence electrons. The van der Waals surface area contributed by atoms with Crippen LogP contribution in [0.4, 0.5) is 5.69 Å². The molecule has 0 radical (unpaired) electrons. The van der Waals surface area contributed by atoms with E-state index in [1.54, 1.807) is 7.11 Å². The number of nitrogens with two attached hydrogens (primary N) is 1. The van der Waals surface area contributed by atoms with Gasteiger partial charge in [0.1, 0.15) is 6.61 Å². The molecule has 1 atom stereocenters. The third kappa shape index (κ3) is 5.68. The third-order valence-electron chi connectivity index (χ3n) is 5.74. The molecule has 0 spiro atoms. The number of ether oxygens (including phenoxy) is 2. The SMILES string of the molecule is COc1ccc([C@@H](C)NC(=O)c2cc(N3CCN(C)CC3)ccc2C)cc1OCCN. The molecule has 1 fully saturated rings. The highest BCUT2D eigenvalue weighted by Crippen LogP contribution is 2.30. The molecule has 0 bridgehead atoms. The Kier molecular flexibility index (Phi) is 7.76. The summed E-state index contributed by atoms with van der Waals surface area (Å²) >= 11 is 0. The van der Waals surface area contributed by atoms with Crippen molar-refractivity contribution in [2.24, 2.45) is 5.73 Å². The number of hydrogen-bond acceptors (Lipinski definition) is 6. The normalized spacial score (nSPS) is 15.5. The van der Waals surface area contributed by atoms with Crippen LogP contribution in [0.3, 0.4) is 0 Å². The summed E-state index contributed by atoms with van der Waals surface area (Å²) in [5.41, 5.74) is 9.26. The van der Waals surface area contributed by atoms with Crippen molar-refractivity contribution in [2.75, 3.05) is 58.4 Å². The maximum absolute atomic E-state index is 13.1. The lowest BCUT2D eigenvalue weighted by Gasteiger charge is -2.34. The average Bonchev–Trinajstić information content (AvgIpc) is 2.78. The standard InChI is InChI=1S/C24H34N4O3/c1-17-5-7-20(28-12-10-27(3)11-13-28)16-21(17)24(29)26-18(2)19-6-8-22(30-4)23(15-19)31-14-9-25/h5-8,15-16,18H,9-14,25H2,1-4H3,(H,26,29)/t18-/m1/s1. The topological polar surface area (TPSA) is 80.1 Å². The zero-order valence-corrected chi connectivity index (χ0v) is 19.0. The highest BCUT2D eigenvalue weighted by molar-refractivity contribution is 5.96. The summed E-state index contributed by atoms with van der Waals surface area (Å²) in [5.74, 6) is 1.19. The minimum atomic E-state index is -0.190. The summed E-state index contributed by atoms with van der Waals surface area (Å²) in [6, 6.07) is 11.6. The second-order valence-corrected chi connectivity index (χ2v) is 8.03. The molecule has 1 heterocycles. The molecule has 2 aromatic carbocycles. The quantitative estimate of drug-likeness (QED) is 0.675. The number of hydrogen-bond donors (Lipinski definition) is 2. The highest BCUT2D eigenvalue weighted by Gasteiger charge is 2.19. The molecule has 3 N–H and O–H groups in total. The van der Waals surface area contributed by atoms with Crippen LogP contribution in [0.5, 0.6) is 11.5 Å². The van der Waals surface area contributed by atoms with Crippen molar-refractivity contribution in [1.29, 1.82) is 0 Å². The van der Waals surface area contributed by atoms with E-state index in [1.165, 1.54) is 0 Å². The molecular formula is C24H34N4O3. The molecule has 0 aliphatic carbocycles. The fourth-order valence-corrected chi connectivity index (χ4v) is 3.72. The summed E-state index contributed by atoms with van der Waals surface area (Å²) in [4.78, 5) is 17.8. The largest absolute Gasteiger partial charge is 0.493 e. The Morgan fingerprint density at radius 2 is 1.87 bits per heavy atom. The molecule has 31 heavy (non-hydrogen) atoms. The maximum atomic E-state index is 13.1. The molecule has 1 saturated heterocycles. The molecular weight excluding hydrogens is 392 g/mol.